The first-order chi connectivity index (χ1) is 27.7. The predicted molar refractivity (Wildman–Crippen MR) is 232 cm³/mol. The molecule has 0 radical (unpaired) electrons. The third-order valence-corrected chi connectivity index (χ3v) is 9.21. The number of phosphoric acid groups is 1. The summed E-state index contributed by atoms with van der Waals surface area (Å²) in [6.07, 6.45) is 49.7. The molecule has 3 atom stereocenters. The third-order valence-electron chi connectivity index (χ3n) is 8.26. The third kappa shape index (κ3) is 40.9. The Morgan fingerprint density at radius 1 is 0.561 bits per heavy atom. The summed E-state index contributed by atoms with van der Waals surface area (Å²) in [6.45, 7) is 2.08. The van der Waals surface area contributed by atoms with Crippen LogP contribution >= 0.6 is 7.82 Å². The topological polar surface area (TPSA) is 149 Å². The lowest BCUT2D eigenvalue weighted by molar-refractivity contribution is -0.160. The van der Waals surface area contributed by atoms with Crippen LogP contribution in [0.15, 0.2) is 97.2 Å². The first-order valence-electron chi connectivity index (χ1n) is 21.2. The zero-order valence-electron chi connectivity index (χ0n) is 35.0. The lowest BCUT2D eigenvalue weighted by Crippen LogP contribution is -2.29. The summed E-state index contributed by atoms with van der Waals surface area (Å²) >= 11 is 0. The number of rotatable bonds is 38. The van der Waals surface area contributed by atoms with Crippen molar-refractivity contribution in [1.82, 2.24) is 0 Å². The number of esters is 2. The summed E-state index contributed by atoms with van der Waals surface area (Å²) < 4.78 is 32.5. The number of aliphatic hydroxyl groups excluding tert-OH is 2. The van der Waals surface area contributed by atoms with E-state index in [9.17, 15) is 24.2 Å². The van der Waals surface area contributed by atoms with Gasteiger partial charge in [0, 0.05) is 6.42 Å². The zero-order chi connectivity index (χ0) is 41.9. The van der Waals surface area contributed by atoms with Gasteiger partial charge < -0.3 is 24.6 Å². The molecule has 0 aliphatic rings. The van der Waals surface area contributed by atoms with Gasteiger partial charge in [0.2, 0.25) is 0 Å². The van der Waals surface area contributed by atoms with Crippen LogP contribution in [0.5, 0.6) is 0 Å². The average molecular weight is 819 g/mol. The van der Waals surface area contributed by atoms with Crippen LogP contribution < -0.4 is 0 Å². The summed E-state index contributed by atoms with van der Waals surface area (Å²) in [6, 6.07) is 0. The van der Waals surface area contributed by atoms with E-state index in [1.54, 1.807) is 6.08 Å². The smallest absolute Gasteiger partial charge is 0.462 e. The fourth-order valence-corrected chi connectivity index (χ4v) is 5.80. The minimum absolute atomic E-state index is 0.0566. The summed E-state index contributed by atoms with van der Waals surface area (Å²) in [4.78, 5) is 34.9. The molecule has 0 saturated heterocycles. The lowest BCUT2D eigenvalue weighted by atomic mass is 10.1. The van der Waals surface area contributed by atoms with E-state index in [1.165, 1.54) is 25.7 Å². The van der Waals surface area contributed by atoms with Crippen LogP contribution in [-0.2, 0) is 32.7 Å². The molecule has 0 bridgehead atoms. The van der Waals surface area contributed by atoms with Crippen molar-refractivity contribution in [2.75, 3.05) is 26.4 Å². The Morgan fingerprint density at radius 2 is 1.02 bits per heavy atom. The second-order valence-electron chi connectivity index (χ2n) is 13.6. The Balaban J connectivity index is 4.46. The van der Waals surface area contributed by atoms with Crippen molar-refractivity contribution < 1.29 is 47.8 Å². The van der Waals surface area contributed by atoms with E-state index in [1.807, 2.05) is 18.2 Å². The fourth-order valence-electron chi connectivity index (χ4n) is 5.01. The number of carbonyl (C=O) groups excluding carboxylic acids is 2. The number of phosphoric ester groups is 1. The number of unbranched alkanes of at least 4 members (excludes halogenated alkanes) is 9. The van der Waals surface area contributed by atoms with Crippen LogP contribution in [0.2, 0.25) is 0 Å². The first kappa shape index (κ1) is 53.9. The van der Waals surface area contributed by atoms with Gasteiger partial charge in [-0.2, -0.15) is 0 Å². The number of allylic oxidation sites excluding steroid dienone is 15. The highest BCUT2D eigenvalue weighted by molar-refractivity contribution is 7.47. The van der Waals surface area contributed by atoms with Crippen molar-refractivity contribution in [1.29, 1.82) is 0 Å². The molecule has 3 unspecified atom stereocenters. The molecule has 57 heavy (non-hydrogen) atoms. The van der Waals surface area contributed by atoms with Crippen LogP contribution in [0.25, 0.3) is 0 Å². The second-order valence-corrected chi connectivity index (χ2v) is 15.1. The van der Waals surface area contributed by atoms with Crippen LogP contribution in [0.4, 0.5) is 0 Å². The van der Waals surface area contributed by atoms with E-state index in [4.69, 9.17) is 19.1 Å². The van der Waals surface area contributed by atoms with Crippen molar-refractivity contribution in [3.8, 4) is 0 Å². The van der Waals surface area contributed by atoms with Gasteiger partial charge in [0.15, 0.2) is 6.10 Å². The Labute approximate surface area is 344 Å². The Bertz CT molecular complexity index is 1260. The van der Waals surface area contributed by atoms with E-state index >= 15 is 0 Å². The minimum Gasteiger partial charge on any atom is -0.462 e. The van der Waals surface area contributed by atoms with E-state index in [2.05, 4.69) is 91.3 Å². The Morgan fingerprint density at radius 3 is 1.54 bits per heavy atom. The number of hydrogen-bond acceptors (Lipinski definition) is 9. The molecule has 0 spiro atoms. The second kappa shape index (κ2) is 41.1. The maximum absolute atomic E-state index is 12.5. The van der Waals surface area contributed by atoms with Crippen LogP contribution in [0.1, 0.15) is 142 Å². The number of aliphatic hydroxyl groups is 2. The van der Waals surface area contributed by atoms with Crippen LogP contribution in [0, 0.1) is 0 Å². The summed E-state index contributed by atoms with van der Waals surface area (Å²) in [5, 5.41) is 18.3. The van der Waals surface area contributed by atoms with Gasteiger partial charge in [-0.15, -0.1) is 0 Å². The van der Waals surface area contributed by atoms with E-state index in [0.717, 1.165) is 77.0 Å². The molecule has 0 saturated carbocycles. The molecule has 0 aromatic rings. The van der Waals surface area contributed by atoms with E-state index < -0.39 is 51.8 Å². The van der Waals surface area contributed by atoms with Crippen molar-refractivity contribution >= 4 is 19.8 Å². The van der Waals surface area contributed by atoms with Crippen molar-refractivity contribution in [2.24, 2.45) is 0 Å². The molecule has 3 N–H and O–H groups in total. The van der Waals surface area contributed by atoms with E-state index in [0.29, 0.717) is 12.8 Å². The predicted octanol–water partition coefficient (Wildman–Crippen LogP) is 11.2. The molecule has 0 amide bonds. The minimum atomic E-state index is -4.65. The quantitative estimate of drug-likeness (QED) is 0.0238. The lowest BCUT2D eigenvalue weighted by Gasteiger charge is -2.20. The van der Waals surface area contributed by atoms with Gasteiger partial charge in [0.05, 0.1) is 26.2 Å². The zero-order valence-corrected chi connectivity index (χ0v) is 35.9. The van der Waals surface area contributed by atoms with Gasteiger partial charge in [0.1, 0.15) is 12.7 Å². The maximum atomic E-state index is 12.5. The number of carbonyl (C=O) groups is 2. The number of ether oxygens (including phenoxy) is 2. The molecule has 0 rings (SSSR count). The van der Waals surface area contributed by atoms with Gasteiger partial charge in [-0.1, -0.05) is 150 Å². The molecule has 10 nitrogen and oxygen atoms in total. The van der Waals surface area contributed by atoms with Gasteiger partial charge in [0.25, 0.3) is 0 Å². The molecular weight excluding hydrogens is 743 g/mol. The molecule has 324 valence electrons. The summed E-state index contributed by atoms with van der Waals surface area (Å²) in [5.74, 6) is -1.10. The average Bonchev–Trinajstić information content (AvgIpc) is 3.20. The highest BCUT2D eigenvalue weighted by Gasteiger charge is 2.27. The van der Waals surface area contributed by atoms with Gasteiger partial charge >= 0.3 is 19.8 Å². The van der Waals surface area contributed by atoms with Gasteiger partial charge in [-0.05, 0) is 77.0 Å². The molecule has 0 fully saturated rings. The molecule has 0 heterocycles. The van der Waals surface area contributed by atoms with Crippen LogP contribution in [-0.4, -0.2) is 65.7 Å². The maximum Gasteiger partial charge on any atom is 0.472 e. The largest absolute Gasteiger partial charge is 0.472 e. The molecular formula is C46H75O10P. The van der Waals surface area contributed by atoms with Gasteiger partial charge in [-0.3, -0.25) is 18.6 Å². The SMILES string of the molecule is CC/C=C\C/C=C\C/C=C\C/C=C\C/C=C\CC(=O)OC(COC(=O)CCCCCCCC/C=C\C/C=C\C/C=C\CCCCC)COP(=O)(O)OCC(O)CO. The molecule has 11 heteroatoms. The van der Waals surface area contributed by atoms with Crippen molar-refractivity contribution in [3.63, 3.8) is 0 Å². The van der Waals surface area contributed by atoms with Crippen molar-refractivity contribution in [2.45, 2.75) is 154 Å². The molecule has 0 aliphatic heterocycles. The summed E-state index contributed by atoms with van der Waals surface area (Å²) in [5.41, 5.74) is 0. The molecule has 0 aromatic carbocycles. The monoisotopic (exact) mass is 819 g/mol. The number of hydrogen-bond donors (Lipinski definition) is 3. The highest BCUT2D eigenvalue weighted by Crippen LogP contribution is 2.43. The Kier molecular flexibility index (Phi) is 38.8. The van der Waals surface area contributed by atoms with Crippen LogP contribution in [0.3, 0.4) is 0 Å². The normalized spacial score (nSPS) is 14.8. The Hall–Kier alpha value is -3.11. The first-order valence-corrected chi connectivity index (χ1v) is 22.7. The standard InChI is InChI=1S/C46H75O10P/c1-3-5-7-9-11-13-15-17-19-20-21-22-24-25-27-29-31-33-35-37-45(49)53-41-44(42-55-57(51,52)54-40-43(48)39-47)56-46(50)38-36-34-32-30-28-26-23-18-16-14-12-10-8-6-4-2/h6,8,11-14,17-19,21-23,28,30,34,36,43-44,47-48H,3-5,7,9-10,15-16,20,24-27,29,31-33,35,37-42H2,1-2H3,(H,51,52)/b8-6-,13-11-,14-12-,19-17-,22-21-,23-18-,30-28-,36-34-. The molecule has 0 aliphatic carbocycles. The van der Waals surface area contributed by atoms with Crippen molar-refractivity contribution in [3.05, 3.63) is 97.2 Å². The van der Waals surface area contributed by atoms with Gasteiger partial charge in [-0.25, -0.2) is 4.57 Å². The fraction of sp³-hybridized carbons (Fsp3) is 0.609. The highest BCUT2D eigenvalue weighted by atomic mass is 31.2. The molecule has 0 aromatic heterocycles. The van der Waals surface area contributed by atoms with E-state index in [-0.39, 0.29) is 19.4 Å². The summed E-state index contributed by atoms with van der Waals surface area (Å²) in [7, 11) is -4.65.